The predicted octanol–water partition coefficient (Wildman–Crippen LogP) is 1.45. The Balaban J connectivity index is 1.60. The van der Waals surface area contributed by atoms with Gasteiger partial charge in [-0.15, -0.1) is 0 Å². The molecular weight excluding hydrogens is 228 g/mol. The molecule has 4 heteroatoms. The maximum absolute atomic E-state index is 11.7. The van der Waals surface area contributed by atoms with E-state index in [1.165, 1.54) is 12.8 Å². The van der Waals surface area contributed by atoms with Crippen molar-refractivity contribution in [1.82, 2.24) is 10.6 Å². The van der Waals surface area contributed by atoms with Crippen LogP contribution in [0, 0.1) is 5.41 Å². The number of hydrogen-bond donors (Lipinski definition) is 2. The van der Waals surface area contributed by atoms with Gasteiger partial charge in [0.15, 0.2) is 0 Å². The lowest BCUT2D eigenvalue weighted by molar-refractivity contribution is -0.121. The number of carbonyl (C=O) groups is 1. The lowest BCUT2D eigenvalue weighted by atomic mass is 9.82. The second-order valence-corrected chi connectivity index (χ2v) is 6.08. The van der Waals surface area contributed by atoms with E-state index < -0.39 is 0 Å². The molecule has 0 aromatic rings. The fourth-order valence-corrected chi connectivity index (χ4v) is 2.87. The largest absolute Gasteiger partial charge is 0.381 e. The Morgan fingerprint density at radius 1 is 1.28 bits per heavy atom. The monoisotopic (exact) mass is 254 g/mol. The minimum absolute atomic E-state index is 0.151. The first-order chi connectivity index (χ1) is 8.68. The zero-order valence-electron chi connectivity index (χ0n) is 11.5. The van der Waals surface area contributed by atoms with Crippen LogP contribution in [0.2, 0.25) is 0 Å². The van der Waals surface area contributed by atoms with Crippen LogP contribution in [0.3, 0.4) is 0 Å². The molecular formula is C14H26N2O2. The third-order valence-electron chi connectivity index (χ3n) is 4.26. The third-order valence-corrected chi connectivity index (χ3v) is 4.26. The second-order valence-electron chi connectivity index (χ2n) is 6.08. The molecule has 18 heavy (non-hydrogen) atoms. The summed E-state index contributed by atoms with van der Waals surface area (Å²) >= 11 is 0. The van der Waals surface area contributed by atoms with Gasteiger partial charge in [-0.1, -0.05) is 19.8 Å². The molecule has 0 bridgehead atoms. The van der Waals surface area contributed by atoms with Gasteiger partial charge in [0, 0.05) is 25.8 Å². The molecule has 1 amide bonds. The Labute approximate surface area is 110 Å². The first-order valence-corrected chi connectivity index (χ1v) is 7.26. The molecule has 2 N–H and O–H groups in total. The van der Waals surface area contributed by atoms with Gasteiger partial charge in [0.25, 0.3) is 0 Å². The molecule has 0 atom stereocenters. The van der Waals surface area contributed by atoms with Gasteiger partial charge in [0.2, 0.25) is 5.91 Å². The van der Waals surface area contributed by atoms with Crippen molar-refractivity contribution in [3.05, 3.63) is 0 Å². The lowest BCUT2D eigenvalue weighted by Gasteiger charge is -2.33. The van der Waals surface area contributed by atoms with Crippen molar-refractivity contribution in [2.24, 2.45) is 5.41 Å². The summed E-state index contributed by atoms with van der Waals surface area (Å²) in [5.41, 5.74) is 0.298. The average Bonchev–Trinajstić information content (AvgIpc) is 2.82. The molecule has 1 heterocycles. The standard InChI is InChI=1S/C14H26N2O2/c1-14(6-8-18-9-7-14)11-15-10-13(17)16-12-4-2-3-5-12/h12,15H,2-11H2,1H3,(H,16,17). The predicted molar refractivity (Wildman–Crippen MR) is 71.4 cm³/mol. The summed E-state index contributed by atoms with van der Waals surface area (Å²) in [5, 5.41) is 6.40. The zero-order valence-corrected chi connectivity index (χ0v) is 11.5. The van der Waals surface area contributed by atoms with E-state index in [1.54, 1.807) is 0 Å². The molecule has 0 aromatic carbocycles. The molecule has 1 saturated carbocycles. The summed E-state index contributed by atoms with van der Waals surface area (Å²) in [4.78, 5) is 11.7. The van der Waals surface area contributed by atoms with Crippen molar-refractivity contribution in [3.63, 3.8) is 0 Å². The minimum Gasteiger partial charge on any atom is -0.381 e. The number of nitrogens with one attached hydrogen (secondary N) is 2. The summed E-state index contributed by atoms with van der Waals surface area (Å²) in [5.74, 6) is 0.151. The first kappa shape index (κ1) is 13.8. The van der Waals surface area contributed by atoms with Gasteiger partial charge in [0.05, 0.1) is 6.54 Å². The van der Waals surface area contributed by atoms with Gasteiger partial charge in [0.1, 0.15) is 0 Å². The van der Waals surface area contributed by atoms with E-state index in [2.05, 4.69) is 17.6 Å². The molecule has 0 aromatic heterocycles. The quantitative estimate of drug-likeness (QED) is 0.781. The van der Waals surface area contributed by atoms with E-state index in [4.69, 9.17) is 4.74 Å². The molecule has 1 saturated heterocycles. The van der Waals surface area contributed by atoms with Crippen molar-refractivity contribution >= 4 is 5.91 Å². The molecule has 2 aliphatic rings. The summed E-state index contributed by atoms with van der Waals surface area (Å²) in [6.07, 6.45) is 7.00. The highest BCUT2D eigenvalue weighted by atomic mass is 16.5. The maximum Gasteiger partial charge on any atom is 0.234 e. The van der Waals surface area contributed by atoms with E-state index in [0.717, 1.165) is 45.4 Å². The van der Waals surface area contributed by atoms with Crippen molar-refractivity contribution in [2.45, 2.75) is 51.5 Å². The van der Waals surface area contributed by atoms with Crippen LogP contribution < -0.4 is 10.6 Å². The van der Waals surface area contributed by atoms with Gasteiger partial charge in [-0.05, 0) is 31.1 Å². The Hall–Kier alpha value is -0.610. The Morgan fingerprint density at radius 3 is 2.61 bits per heavy atom. The van der Waals surface area contributed by atoms with E-state index >= 15 is 0 Å². The SMILES string of the molecule is CC1(CNCC(=O)NC2CCCC2)CCOCC1. The topological polar surface area (TPSA) is 50.4 Å². The highest BCUT2D eigenvalue weighted by Crippen LogP contribution is 2.28. The van der Waals surface area contributed by atoms with E-state index in [1.807, 2.05) is 0 Å². The average molecular weight is 254 g/mol. The number of carbonyl (C=O) groups excluding carboxylic acids is 1. The fraction of sp³-hybridized carbons (Fsp3) is 0.929. The molecule has 2 fully saturated rings. The van der Waals surface area contributed by atoms with Gasteiger partial charge >= 0.3 is 0 Å². The number of ether oxygens (including phenoxy) is 1. The van der Waals surface area contributed by atoms with Gasteiger partial charge in [-0.2, -0.15) is 0 Å². The van der Waals surface area contributed by atoms with Crippen molar-refractivity contribution < 1.29 is 9.53 Å². The van der Waals surface area contributed by atoms with E-state index in [-0.39, 0.29) is 5.91 Å². The van der Waals surface area contributed by atoms with Crippen LogP contribution >= 0.6 is 0 Å². The van der Waals surface area contributed by atoms with Crippen LogP contribution in [0.25, 0.3) is 0 Å². The maximum atomic E-state index is 11.7. The summed E-state index contributed by atoms with van der Waals surface area (Å²) in [7, 11) is 0. The molecule has 1 aliphatic carbocycles. The number of amides is 1. The van der Waals surface area contributed by atoms with Gasteiger partial charge < -0.3 is 15.4 Å². The normalized spacial score (nSPS) is 24.1. The van der Waals surface area contributed by atoms with E-state index in [0.29, 0.717) is 18.0 Å². The molecule has 4 nitrogen and oxygen atoms in total. The molecule has 2 rings (SSSR count). The van der Waals surface area contributed by atoms with Crippen LogP contribution in [0.4, 0.5) is 0 Å². The lowest BCUT2D eigenvalue weighted by Crippen LogP contribution is -2.43. The number of hydrogen-bond acceptors (Lipinski definition) is 3. The minimum atomic E-state index is 0.151. The Kier molecular flexibility index (Phi) is 5.01. The van der Waals surface area contributed by atoms with Crippen LogP contribution in [0.5, 0.6) is 0 Å². The summed E-state index contributed by atoms with van der Waals surface area (Å²) < 4.78 is 5.37. The van der Waals surface area contributed by atoms with Crippen LogP contribution in [0.1, 0.15) is 45.4 Å². The summed E-state index contributed by atoms with van der Waals surface area (Å²) in [6, 6.07) is 0.429. The Morgan fingerprint density at radius 2 is 1.94 bits per heavy atom. The van der Waals surface area contributed by atoms with Crippen LogP contribution in [0.15, 0.2) is 0 Å². The fourth-order valence-electron chi connectivity index (χ4n) is 2.87. The molecule has 1 aliphatic heterocycles. The highest BCUT2D eigenvalue weighted by Gasteiger charge is 2.27. The second kappa shape index (κ2) is 6.53. The molecule has 0 unspecified atom stereocenters. The van der Waals surface area contributed by atoms with Gasteiger partial charge in [-0.3, -0.25) is 4.79 Å². The smallest absolute Gasteiger partial charge is 0.234 e. The zero-order chi connectivity index (χ0) is 12.8. The van der Waals surface area contributed by atoms with Crippen LogP contribution in [-0.4, -0.2) is 38.3 Å². The highest BCUT2D eigenvalue weighted by molar-refractivity contribution is 5.78. The Bertz CT molecular complexity index is 269. The van der Waals surface area contributed by atoms with Crippen molar-refractivity contribution in [1.29, 1.82) is 0 Å². The number of rotatable bonds is 5. The summed E-state index contributed by atoms with van der Waals surface area (Å²) in [6.45, 7) is 5.34. The molecule has 0 spiro atoms. The van der Waals surface area contributed by atoms with Crippen LogP contribution in [-0.2, 0) is 9.53 Å². The van der Waals surface area contributed by atoms with Gasteiger partial charge in [-0.25, -0.2) is 0 Å². The first-order valence-electron chi connectivity index (χ1n) is 7.26. The van der Waals surface area contributed by atoms with Crippen molar-refractivity contribution in [3.8, 4) is 0 Å². The molecule has 0 radical (unpaired) electrons. The van der Waals surface area contributed by atoms with Crippen molar-refractivity contribution in [2.75, 3.05) is 26.3 Å². The molecule has 104 valence electrons. The van der Waals surface area contributed by atoms with E-state index in [9.17, 15) is 4.79 Å². The third kappa shape index (κ3) is 4.25.